The van der Waals surface area contributed by atoms with Crippen molar-refractivity contribution in [1.29, 1.82) is 0 Å². The standard InChI is InChI=1S/C9H16N4O3S/c1-2-5-17(15,16)12-9(14)8-6-13(4-3-10)7-11-8/h6-7H,2-5,10H2,1H3,(H,12,14). The number of nitrogens with one attached hydrogen (secondary N) is 1. The predicted octanol–water partition coefficient (Wildman–Crippen LogP) is -0.689. The van der Waals surface area contributed by atoms with Crippen LogP contribution in [0.15, 0.2) is 12.5 Å². The van der Waals surface area contributed by atoms with E-state index in [9.17, 15) is 13.2 Å². The van der Waals surface area contributed by atoms with Crippen molar-refractivity contribution in [1.82, 2.24) is 14.3 Å². The van der Waals surface area contributed by atoms with Crippen LogP contribution in [0.2, 0.25) is 0 Å². The lowest BCUT2D eigenvalue weighted by atomic mass is 10.5. The normalized spacial score (nSPS) is 11.4. The number of hydrogen-bond donors (Lipinski definition) is 2. The lowest BCUT2D eigenvalue weighted by molar-refractivity contribution is 0.0977. The highest BCUT2D eigenvalue weighted by molar-refractivity contribution is 7.90. The molecule has 0 spiro atoms. The zero-order valence-electron chi connectivity index (χ0n) is 9.59. The average Bonchev–Trinajstić information content (AvgIpc) is 2.66. The molecule has 0 radical (unpaired) electrons. The van der Waals surface area contributed by atoms with E-state index in [1.165, 1.54) is 12.5 Å². The third kappa shape index (κ3) is 4.16. The fourth-order valence-corrected chi connectivity index (χ4v) is 2.29. The first-order valence-electron chi connectivity index (χ1n) is 5.25. The second kappa shape index (κ2) is 5.78. The summed E-state index contributed by atoms with van der Waals surface area (Å²) in [6, 6.07) is 0. The SMILES string of the molecule is CCCS(=O)(=O)NC(=O)c1cn(CCN)cn1. The number of nitrogens with zero attached hydrogens (tertiary/aromatic N) is 2. The minimum atomic E-state index is -3.56. The summed E-state index contributed by atoms with van der Waals surface area (Å²) in [5, 5.41) is 0. The van der Waals surface area contributed by atoms with Gasteiger partial charge in [-0.3, -0.25) is 4.79 Å². The van der Waals surface area contributed by atoms with Gasteiger partial charge in [-0.05, 0) is 6.42 Å². The second-order valence-electron chi connectivity index (χ2n) is 3.54. The number of aromatic nitrogens is 2. The van der Waals surface area contributed by atoms with Crippen molar-refractivity contribution < 1.29 is 13.2 Å². The third-order valence-corrected chi connectivity index (χ3v) is 3.42. The number of hydrogen-bond acceptors (Lipinski definition) is 5. The van der Waals surface area contributed by atoms with Crippen LogP contribution < -0.4 is 10.5 Å². The molecule has 0 atom stereocenters. The van der Waals surface area contributed by atoms with Crippen LogP contribution in [0, 0.1) is 0 Å². The fourth-order valence-electron chi connectivity index (χ4n) is 1.26. The van der Waals surface area contributed by atoms with Crippen LogP contribution in [0.1, 0.15) is 23.8 Å². The summed E-state index contributed by atoms with van der Waals surface area (Å²) in [6.07, 6.45) is 3.35. The lowest BCUT2D eigenvalue weighted by Gasteiger charge is -2.03. The Morgan fingerprint density at radius 3 is 2.88 bits per heavy atom. The summed E-state index contributed by atoms with van der Waals surface area (Å²) < 4.78 is 26.3. The zero-order valence-corrected chi connectivity index (χ0v) is 10.4. The Bertz CT molecular complexity index is 480. The Labute approximate surface area is 100 Å². The molecule has 1 heterocycles. The van der Waals surface area contributed by atoms with E-state index in [-0.39, 0.29) is 11.4 Å². The minimum Gasteiger partial charge on any atom is -0.335 e. The molecule has 1 aromatic heterocycles. The zero-order chi connectivity index (χ0) is 12.9. The minimum absolute atomic E-state index is 0.0677. The van der Waals surface area contributed by atoms with Crippen LogP contribution in [0.5, 0.6) is 0 Å². The summed E-state index contributed by atoms with van der Waals surface area (Å²) in [5.74, 6) is -0.795. The van der Waals surface area contributed by atoms with Crippen molar-refractivity contribution in [2.24, 2.45) is 5.73 Å². The summed E-state index contributed by atoms with van der Waals surface area (Å²) in [4.78, 5) is 15.4. The van der Waals surface area contributed by atoms with Gasteiger partial charge in [0.25, 0.3) is 5.91 Å². The Balaban J connectivity index is 2.69. The Hall–Kier alpha value is -1.41. The van der Waals surface area contributed by atoms with Gasteiger partial charge < -0.3 is 10.3 Å². The molecule has 0 aliphatic carbocycles. The smallest absolute Gasteiger partial charge is 0.284 e. The van der Waals surface area contributed by atoms with E-state index < -0.39 is 15.9 Å². The van der Waals surface area contributed by atoms with Gasteiger partial charge >= 0.3 is 0 Å². The molecule has 7 nitrogen and oxygen atoms in total. The first-order valence-corrected chi connectivity index (χ1v) is 6.90. The van der Waals surface area contributed by atoms with Crippen LogP contribution >= 0.6 is 0 Å². The monoisotopic (exact) mass is 260 g/mol. The number of carbonyl (C=O) groups excluding carboxylic acids is 1. The van der Waals surface area contributed by atoms with E-state index >= 15 is 0 Å². The van der Waals surface area contributed by atoms with Crippen LogP contribution in [-0.4, -0.2) is 36.2 Å². The molecule has 0 saturated heterocycles. The van der Waals surface area contributed by atoms with Crippen molar-refractivity contribution in [2.45, 2.75) is 19.9 Å². The van der Waals surface area contributed by atoms with Crippen LogP contribution in [0.4, 0.5) is 0 Å². The van der Waals surface area contributed by atoms with Crippen LogP contribution in [0.25, 0.3) is 0 Å². The van der Waals surface area contributed by atoms with E-state index in [4.69, 9.17) is 5.73 Å². The Kier molecular flexibility index (Phi) is 4.64. The topological polar surface area (TPSA) is 107 Å². The van der Waals surface area contributed by atoms with Gasteiger partial charge in [-0.15, -0.1) is 0 Å². The largest absolute Gasteiger partial charge is 0.335 e. The summed E-state index contributed by atoms with van der Waals surface area (Å²) in [5.41, 5.74) is 5.41. The molecule has 0 aliphatic rings. The first-order chi connectivity index (χ1) is 7.98. The molecule has 0 unspecified atom stereocenters. The summed E-state index contributed by atoms with van der Waals surface area (Å²) in [6.45, 7) is 2.67. The molecule has 17 heavy (non-hydrogen) atoms. The van der Waals surface area contributed by atoms with E-state index in [0.717, 1.165) is 0 Å². The Morgan fingerprint density at radius 1 is 1.59 bits per heavy atom. The lowest BCUT2D eigenvalue weighted by Crippen LogP contribution is -2.32. The van der Waals surface area contributed by atoms with Gasteiger partial charge in [0, 0.05) is 19.3 Å². The molecule has 0 aromatic carbocycles. The summed E-state index contributed by atoms with van der Waals surface area (Å²) in [7, 11) is -3.56. The van der Waals surface area contributed by atoms with E-state index in [0.29, 0.717) is 19.5 Å². The predicted molar refractivity (Wildman–Crippen MR) is 62.8 cm³/mol. The van der Waals surface area contributed by atoms with Gasteiger partial charge in [-0.2, -0.15) is 0 Å². The first kappa shape index (κ1) is 13.7. The van der Waals surface area contributed by atoms with Gasteiger partial charge in [-0.25, -0.2) is 18.1 Å². The molecule has 96 valence electrons. The molecule has 1 rings (SSSR count). The molecule has 1 amide bonds. The molecular weight excluding hydrogens is 244 g/mol. The van der Waals surface area contributed by atoms with Crippen molar-refractivity contribution in [2.75, 3.05) is 12.3 Å². The molecule has 0 saturated carbocycles. The van der Waals surface area contributed by atoms with Crippen molar-refractivity contribution in [3.8, 4) is 0 Å². The van der Waals surface area contributed by atoms with E-state index in [1.807, 2.05) is 4.72 Å². The molecule has 8 heteroatoms. The van der Waals surface area contributed by atoms with Crippen molar-refractivity contribution >= 4 is 15.9 Å². The molecule has 1 aromatic rings. The van der Waals surface area contributed by atoms with Crippen molar-refractivity contribution in [3.05, 3.63) is 18.2 Å². The van der Waals surface area contributed by atoms with Crippen LogP contribution in [0.3, 0.4) is 0 Å². The van der Waals surface area contributed by atoms with Gasteiger partial charge in [0.15, 0.2) is 0 Å². The molecule has 0 bridgehead atoms. The van der Waals surface area contributed by atoms with Gasteiger partial charge in [0.2, 0.25) is 10.0 Å². The highest BCUT2D eigenvalue weighted by atomic mass is 32.2. The van der Waals surface area contributed by atoms with Gasteiger partial charge in [0.1, 0.15) is 5.69 Å². The second-order valence-corrected chi connectivity index (χ2v) is 5.38. The molecular formula is C9H16N4O3S. The van der Waals surface area contributed by atoms with Crippen molar-refractivity contribution in [3.63, 3.8) is 0 Å². The van der Waals surface area contributed by atoms with Gasteiger partial charge in [-0.1, -0.05) is 6.92 Å². The van der Waals surface area contributed by atoms with Gasteiger partial charge in [0.05, 0.1) is 12.1 Å². The number of carbonyl (C=O) groups is 1. The summed E-state index contributed by atoms with van der Waals surface area (Å²) >= 11 is 0. The molecule has 0 fully saturated rings. The average molecular weight is 260 g/mol. The maximum absolute atomic E-state index is 11.6. The Morgan fingerprint density at radius 2 is 2.29 bits per heavy atom. The third-order valence-electron chi connectivity index (χ3n) is 1.97. The highest BCUT2D eigenvalue weighted by Gasteiger charge is 2.16. The molecule has 3 N–H and O–H groups in total. The maximum Gasteiger partial charge on any atom is 0.284 e. The maximum atomic E-state index is 11.6. The van der Waals surface area contributed by atoms with E-state index in [1.54, 1.807) is 11.5 Å². The highest BCUT2D eigenvalue weighted by Crippen LogP contribution is 1.98. The number of imidazole rings is 1. The number of amides is 1. The van der Waals surface area contributed by atoms with Crippen LogP contribution in [-0.2, 0) is 16.6 Å². The number of sulfonamides is 1. The quantitative estimate of drug-likeness (QED) is 0.704. The number of nitrogens with two attached hydrogens (primary N) is 1. The van der Waals surface area contributed by atoms with E-state index in [2.05, 4.69) is 4.98 Å². The fraction of sp³-hybridized carbons (Fsp3) is 0.556. The molecule has 0 aliphatic heterocycles. The number of rotatable bonds is 6.